The van der Waals surface area contributed by atoms with E-state index in [4.69, 9.17) is 0 Å². The molecular weight excluding hydrogens is 238 g/mol. The lowest BCUT2D eigenvalue weighted by Crippen LogP contribution is -1.84. The molecule has 0 heterocycles. The summed E-state index contributed by atoms with van der Waals surface area (Å²) in [6.45, 7) is 3.76. The van der Waals surface area contributed by atoms with Crippen LogP contribution >= 0.6 is 15.9 Å². The largest absolute Gasteiger partial charge is 0.270 e. The summed E-state index contributed by atoms with van der Waals surface area (Å²) < 4.78 is 24.8. The highest BCUT2D eigenvalue weighted by atomic mass is 79.9. The average molecular weight is 247 g/mol. The SMILES string of the molecule is Cc1cc(C=C(F)F)cc(C)c1Br. The smallest absolute Gasteiger partial charge is 0.173 e. The molecule has 0 aliphatic heterocycles. The minimum Gasteiger partial charge on any atom is -0.173 e. The summed E-state index contributed by atoms with van der Waals surface area (Å²) in [5.74, 6) is 0. The van der Waals surface area contributed by atoms with Gasteiger partial charge in [0.25, 0.3) is 6.08 Å². The Morgan fingerprint density at radius 1 is 1.23 bits per heavy atom. The zero-order valence-electron chi connectivity index (χ0n) is 7.37. The fourth-order valence-corrected chi connectivity index (χ4v) is 1.42. The molecule has 0 N–H and O–H groups in total. The molecule has 0 radical (unpaired) electrons. The van der Waals surface area contributed by atoms with E-state index >= 15 is 0 Å². The molecular formula is C10H9BrF2. The van der Waals surface area contributed by atoms with Crippen LogP contribution in [0.2, 0.25) is 0 Å². The fraction of sp³-hybridized carbons (Fsp3) is 0.200. The third-order valence-electron chi connectivity index (χ3n) is 1.73. The Bertz CT molecular complexity index is 329. The Hall–Kier alpha value is -0.700. The molecule has 1 aromatic carbocycles. The van der Waals surface area contributed by atoms with Crippen molar-refractivity contribution in [1.29, 1.82) is 0 Å². The predicted molar refractivity (Wildman–Crippen MR) is 53.8 cm³/mol. The number of hydrogen-bond acceptors (Lipinski definition) is 0. The summed E-state index contributed by atoms with van der Waals surface area (Å²) in [6.07, 6.45) is -0.798. The van der Waals surface area contributed by atoms with Gasteiger partial charge in [0.15, 0.2) is 0 Å². The molecule has 0 saturated carbocycles. The normalized spacial score (nSPS) is 9.92. The van der Waals surface area contributed by atoms with Gasteiger partial charge in [0.1, 0.15) is 0 Å². The van der Waals surface area contributed by atoms with Gasteiger partial charge in [-0.25, -0.2) is 0 Å². The third kappa shape index (κ3) is 2.62. The van der Waals surface area contributed by atoms with E-state index in [-0.39, 0.29) is 0 Å². The Balaban J connectivity index is 3.21. The van der Waals surface area contributed by atoms with Crippen LogP contribution in [0.15, 0.2) is 22.7 Å². The van der Waals surface area contributed by atoms with E-state index in [1.165, 1.54) is 0 Å². The summed E-state index contributed by atoms with van der Waals surface area (Å²) in [7, 11) is 0. The molecule has 13 heavy (non-hydrogen) atoms. The molecule has 0 fully saturated rings. The van der Waals surface area contributed by atoms with Crippen LogP contribution in [0, 0.1) is 13.8 Å². The van der Waals surface area contributed by atoms with E-state index in [0.29, 0.717) is 5.56 Å². The first-order chi connectivity index (χ1) is 6.00. The lowest BCUT2D eigenvalue weighted by atomic mass is 10.1. The van der Waals surface area contributed by atoms with Crippen LogP contribution in [0.25, 0.3) is 6.08 Å². The maximum atomic E-state index is 11.9. The molecule has 0 unspecified atom stereocenters. The molecule has 0 atom stereocenters. The Kier molecular flexibility index (Phi) is 3.20. The van der Waals surface area contributed by atoms with Gasteiger partial charge in [0, 0.05) is 10.5 Å². The number of rotatable bonds is 1. The van der Waals surface area contributed by atoms with Crippen LogP contribution < -0.4 is 0 Å². The van der Waals surface area contributed by atoms with Gasteiger partial charge >= 0.3 is 0 Å². The van der Waals surface area contributed by atoms with Gasteiger partial charge in [-0.15, -0.1) is 0 Å². The predicted octanol–water partition coefficient (Wildman–Crippen LogP) is 4.30. The van der Waals surface area contributed by atoms with E-state index in [1.807, 2.05) is 13.8 Å². The minimum absolute atomic E-state index is 0.540. The number of aryl methyl sites for hydroxylation is 2. The van der Waals surface area contributed by atoms with Crippen LogP contribution in [0.4, 0.5) is 8.78 Å². The molecule has 0 bridgehead atoms. The van der Waals surface area contributed by atoms with E-state index in [0.717, 1.165) is 21.7 Å². The van der Waals surface area contributed by atoms with Crippen LogP contribution in [0.3, 0.4) is 0 Å². The van der Waals surface area contributed by atoms with Crippen molar-refractivity contribution in [1.82, 2.24) is 0 Å². The number of benzene rings is 1. The van der Waals surface area contributed by atoms with Crippen molar-refractivity contribution in [3.8, 4) is 0 Å². The lowest BCUT2D eigenvalue weighted by molar-refractivity contribution is 0.429. The second-order valence-electron chi connectivity index (χ2n) is 2.90. The highest BCUT2D eigenvalue weighted by Crippen LogP contribution is 2.23. The molecule has 0 nitrogen and oxygen atoms in total. The van der Waals surface area contributed by atoms with Crippen LogP contribution in [-0.4, -0.2) is 0 Å². The fourth-order valence-electron chi connectivity index (χ4n) is 1.19. The van der Waals surface area contributed by atoms with Gasteiger partial charge in [0.05, 0.1) is 0 Å². The lowest BCUT2D eigenvalue weighted by Gasteiger charge is -2.03. The summed E-state index contributed by atoms with van der Waals surface area (Å²) in [5.41, 5.74) is 2.47. The van der Waals surface area contributed by atoms with Crippen molar-refractivity contribution < 1.29 is 8.78 Å². The second-order valence-corrected chi connectivity index (χ2v) is 3.70. The molecule has 3 heteroatoms. The summed E-state index contributed by atoms with van der Waals surface area (Å²) in [4.78, 5) is 0. The maximum absolute atomic E-state index is 11.9. The van der Waals surface area contributed by atoms with E-state index in [9.17, 15) is 8.78 Å². The van der Waals surface area contributed by atoms with Crippen molar-refractivity contribution in [3.05, 3.63) is 39.4 Å². The van der Waals surface area contributed by atoms with E-state index in [2.05, 4.69) is 15.9 Å². The van der Waals surface area contributed by atoms with Gasteiger partial charge < -0.3 is 0 Å². The molecule has 0 aromatic heterocycles. The molecule has 1 aromatic rings. The zero-order chi connectivity index (χ0) is 10.0. The molecule has 0 saturated heterocycles. The minimum atomic E-state index is -1.67. The standard InChI is InChI=1S/C10H9BrF2/c1-6-3-8(5-9(12)13)4-7(2)10(6)11/h3-5H,1-2H3. The van der Waals surface area contributed by atoms with Crippen molar-refractivity contribution in [3.63, 3.8) is 0 Å². The Labute approximate surface area is 84.4 Å². The van der Waals surface area contributed by atoms with Gasteiger partial charge in [-0.05, 0) is 30.5 Å². The van der Waals surface area contributed by atoms with Crippen LogP contribution in [-0.2, 0) is 0 Å². The van der Waals surface area contributed by atoms with Gasteiger partial charge in [-0.3, -0.25) is 0 Å². The average Bonchev–Trinajstić information content (AvgIpc) is 1.98. The first-order valence-corrected chi connectivity index (χ1v) is 4.59. The topological polar surface area (TPSA) is 0 Å². The number of halogens is 3. The quantitative estimate of drug-likeness (QED) is 0.693. The van der Waals surface area contributed by atoms with E-state index in [1.54, 1.807) is 12.1 Å². The second kappa shape index (κ2) is 4.01. The molecule has 0 spiro atoms. The molecule has 1 rings (SSSR count). The van der Waals surface area contributed by atoms with Crippen LogP contribution in [0.1, 0.15) is 16.7 Å². The summed E-state index contributed by atoms with van der Waals surface area (Å²) in [6, 6.07) is 3.44. The zero-order valence-corrected chi connectivity index (χ0v) is 8.95. The molecule has 70 valence electrons. The monoisotopic (exact) mass is 246 g/mol. The third-order valence-corrected chi connectivity index (χ3v) is 2.99. The highest BCUT2D eigenvalue weighted by molar-refractivity contribution is 9.10. The van der Waals surface area contributed by atoms with Gasteiger partial charge in [-0.1, -0.05) is 28.1 Å². The first-order valence-electron chi connectivity index (χ1n) is 3.80. The van der Waals surface area contributed by atoms with Crippen molar-refractivity contribution in [2.24, 2.45) is 0 Å². The summed E-state index contributed by atoms with van der Waals surface area (Å²) in [5, 5.41) is 0. The maximum Gasteiger partial charge on any atom is 0.270 e. The number of hydrogen-bond donors (Lipinski definition) is 0. The van der Waals surface area contributed by atoms with Gasteiger partial charge in [0.2, 0.25) is 0 Å². The molecule has 0 aliphatic rings. The highest BCUT2D eigenvalue weighted by Gasteiger charge is 2.01. The molecule has 0 aliphatic carbocycles. The Morgan fingerprint density at radius 3 is 2.08 bits per heavy atom. The van der Waals surface area contributed by atoms with Gasteiger partial charge in [-0.2, -0.15) is 8.78 Å². The van der Waals surface area contributed by atoms with Crippen LogP contribution in [0.5, 0.6) is 0 Å². The first kappa shape index (κ1) is 10.4. The van der Waals surface area contributed by atoms with Crippen molar-refractivity contribution in [2.75, 3.05) is 0 Å². The van der Waals surface area contributed by atoms with Crippen molar-refractivity contribution >= 4 is 22.0 Å². The molecule has 0 amide bonds. The summed E-state index contributed by atoms with van der Waals surface area (Å²) >= 11 is 3.37. The van der Waals surface area contributed by atoms with E-state index < -0.39 is 6.08 Å². The van der Waals surface area contributed by atoms with Crippen molar-refractivity contribution in [2.45, 2.75) is 13.8 Å². The Morgan fingerprint density at radius 2 is 1.69 bits per heavy atom.